The third-order valence-electron chi connectivity index (χ3n) is 7.35. The number of aromatic nitrogens is 2. The van der Waals surface area contributed by atoms with E-state index in [4.69, 9.17) is 0 Å². The van der Waals surface area contributed by atoms with E-state index >= 15 is 0 Å². The van der Waals surface area contributed by atoms with Crippen molar-refractivity contribution in [3.63, 3.8) is 0 Å². The van der Waals surface area contributed by atoms with Crippen molar-refractivity contribution >= 4 is 16.8 Å². The van der Waals surface area contributed by atoms with E-state index in [1.807, 2.05) is 36.4 Å². The van der Waals surface area contributed by atoms with Gasteiger partial charge < -0.3 is 10.0 Å². The number of benzene rings is 3. The van der Waals surface area contributed by atoms with Crippen molar-refractivity contribution in [1.82, 2.24) is 20.0 Å². The maximum absolute atomic E-state index is 13.6. The second-order valence-electron chi connectivity index (χ2n) is 9.39. The zero-order valence-corrected chi connectivity index (χ0v) is 19.0. The van der Waals surface area contributed by atoms with E-state index in [9.17, 15) is 9.90 Å². The van der Waals surface area contributed by atoms with Crippen molar-refractivity contribution in [3.05, 3.63) is 89.6 Å². The van der Waals surface area contributed by atoms with Crippen LogP contribution in [0.5, 0.6) is 0 Å². The SMILES string of the molecule is O=C(c1cc(-c2ccccc2)cc2cn[nH]c12)N1CC[C@H](N2CCc3ccccc3C2)[C@@H](O)C1. The van der Waals surface area contributed by atoms with E-state index in [-0.39, 0.29) is 11.9 Å². The zero-order chi connectivity index (χ0) is 23.1. The van der Waals surface area contributed by atoms with E-state index in [1.165, 1.54) is 11.1 Å². The largest absolute Gasteiger partial charge is 0.390 e. The van der Waals surface area contributed by atoms with Crippen LogP contribution in [-0.4, -0.2) is 62.8 Å². The average molecular weight is 453 g/mol. The lowest BCUT2D eigenvalue weighted by Crippen LogP contribution is -2.56. The Morgan fingerprint density at radius 3 is 2.59 bits per heavy atom. The van der Waals surface area contributed by atoms with Gasteiger partial charge in [-0.2, -0.15) is 5.10 Å². The first-order valence-corrected chi connectivity index (χ1v) is 12.0. The first-order valence-electron chi connectivity index (χ1n) is 12.0. The molecule has 2 aliphatic rings. The molecule has 0 bridgehead atoms. The molecule has 1 amide bonds. The number of nitrogens with zero attached hydrogens (tertiary/aromatic N) is 3. The molecule has 172 valence electrons. The van der Waals surface area contributed by atoms with E-state index in [2.05, 4.69) is 45.4 Å². The molecule has 0 saturated carbocycles. The van der Waals surface area contributed by atoms with Crippen LogP contribution in [0.2, 0.25) is 0 Å². The molecule has 1 fully saturated rings. The summed E-state index contributed by atoms with van der Waals surface area (Å²) in [6.07, 6.45) is 2.96. The number of aliphatic hydroxyl groups is 1. The fourth-order valence-corrected chi connectivity index (χ4v) is 5.52. The van der Waals surface area contributed by atoms with Crippen LogP contribution in [-0.2, 0) is 13.0 Å². The summed E-state index contributed by atoms with van der Waals surface area (Å²) >= 11 is 0. The lowest BCUT2D eigenvalue weighted by atomic mass is 9.93. The molecular weight excluding hydrogens is 424 g/mol. The van der Waals surface area contributed by atoms with Gasteiger partial charge in [-0.25, -0.2) is 0 Å². The van der Waals surface area contributed by atoms with Crippen molar-refractivity contribution in [2.45, 2.75) is 31.5 Å². The lowest BCUT2D eigenvalue weighted by molar-refractivity contribution is -0.0137. The van der Waals surface area contributed by atoms with E-state index < -0.39 is 6.10 Å². The number of aliphatic hydroxyl groups excluding tert-OH is 1. The van der Waals surface area contributed by atoms with Crippen molar-refractivity contribution in [2.75, 3.05) is 19.6 Å². The molecule has 0 radical (unpaired) electrons. The molecule has 6 nitrogen and oxygen atoms in total. The lowest BCUT2D eigenvalue weighted by Gasteiger charge is -2.43. The highest BCUT2D eigenvalue weighted by molar-refractivity contribution is 6.07. The number of hydrogen-bond acceptors (Lipinski definition) is 4. The number of aromatic amines is 1. The number of rotatable bonds is 3. The van der Waals surface area contributed by atoms with Gasteiger partial charge in [0.15, 0.2) is 0 Å². The summed E-state index contributed by atoms with van der Waals surface area (Å²) in [6, 6.07) is 22.7. The number of β-amino-alcohol motifs (C(OH)–C–C–N with tert-alkyl or cyclic N) is 1. The molecule has 1 saturated heterocycles. The van der Waals surface area contributed by atoms with Gasteiger partial charge in [-0.05, 0) is 47.2 Å². The summed E-state index contributed by atoms with van der Waals surface area (Å²) in [4.78, 5) is 17.8. The van der Waals surface area contributed by atoms with Crippen LogP contribution in [0.4, 0.5) is 0 Å². The van der Waals surface area contributed by atoms with Gasteiger partial charge in [0, 0.05) is 37.6 Å². The second-order valence-corrected chi connectivity index (χ2v) is 9.39. The average Bonchev–Trinajstić information content (AvgIpc) is 3.37. The maximum Gasteiger partial charge on any atom is 0.256 e. The molecule has 34 heavy (non-hydrogen) atoms. The van der Waals surface area contributed by atoms with Crippen molar-refractivity contribution in [1.29, 1.82) is 0 Å². The third-order valence-corrected chi connectivity index (χ3v) is 7.35. The maximum atomic E-state index is 13.6. The van der Waals surface area contributed by atoms with Crippen molar-refractivity contribution in [3.8, 4) is 11.1 Å². The van der Waals surface area contributed by atoms with E-state index in [0.717, 1.165) is 48.0 Å². The molecule has 3 heterocycles. The van der Waals surface area contributed by atoms with E-state index in [0.29, 0.717) is 18.7 Å². The molecule has 4 aromatic rings. The van der Waals surface area contributed by atoms with Crippen molar-refractivity contribution in [2.24, 2.45) is 0 Å². The number of amides is 1. The smallest absolute Gasteiger partial charge is 0.256 e. The Hall–Kier alpha value is -3.48. The van der Waals surface area contributed by atoms with Gasteiger partial charge >= 0.3 is 0 Å². The minimum atomic E-state index is -0.572. The Kier molecular flexibility index (Phi) is 5.40. The second kappa shape index (κ2) is 8.70. The number of fused-ring (bicyclic) bond motifs is 2. The van der Waals surface area contributed by atoms with Gasteiger partial charge in [-0.3, -0.25) is 14.8 Å². The molecule has 2 atom stereocenters. The molecule has 0 unspecified atom stereocenters. The summed E-state index contributed by atoms with van der Waals surface area (Å²) in [6.45, 7) is 2.77. The minimum Gasteiger partial charge on any atom is -0.390 e. The highest BCUT2D eigenvalue weighted by Crippen LogP contribution is 2.30. The molecule has 6 rings (SSSR count). The summed E-state index contributed by atoms with van der Waals surface area (Å²) in [5, 5.41) is 19.2. The van der Waals surface area contributed by atoms with Gasteiger partial charge in [0.25, 0.3) is 5.91 Å². The first kappa shape index (κ1) is 21.1. The number of carbonyl (C=O) groups is 1. The number of carbonyl (C=O) groups excluding carboxylic acids is 1. The fraction of sp³-hybridized carbons (Fsp3) is 0.286. The summed E-state index contributed by atoms with van der Waals surface area (Å²) in [5.74, 6) is -0.0616. The highest BCUT2D eigenvalue weighted by atomic mass is 16.3. The van der Waals surface area contributed by atoms with Crippen LogP contribution in [0.1, 0.15) is 27.9 Å². The summed E-state index contributed by atoms with van der Waals surface area (Å²) < 4.78 is 0. The molecule has 2 N–H and O–H groups in total. The molecule has 0 aliphatic carbocycles. The normalized spacial score (nSPS) is 20.9. The number of nitrogens with one attached hydrogen (secondary N) is 1. The predicted octanol–water partition coefficient (Wildman–Crippen LogP) is 3.86. The molecule has 6 heteroatoms. The molecule has 3 aromatic carbocycles. The van der Waals surface area contributed by atoms with Gasteiger partial charge in [-0.1, -0.05) is 54.6 Å². The molecule has 0 spiro atoms. The Morgan fingerprint density at radius 2 is 1.76 bits per heavy atom. The van der Waals surface area contributed by atoms with Crippen LogP contribution in [0.3, 0.4) is 0 Å². The third kappa shape index (κ3) is 3.79. The van der Waals surface area contributed by atoms with Crippen LogP contribution in [0.25, 0.3) is 22.0 Å². The Labute approximate surface area is 198 Å². The summed E-state index contributed by atoms with van der Waals surface area (Å²) in [5.41, 5.74) is 6.14. The van der Waals surface area contributed by atoms with Gasteiger partial charge in [0.05, 0.1) is 23.4 Å². The monoisotopic (exact) mass is 452 g/mol. The Morgan fingerprint density at radius 1 is 0.971 bits per heavy atom. The van der Waals surface area contributed by atoms with Crippen LogP contribution in [0.15, 0.2) is 72.9 Å². The Balaban J connectivity index is 1.22. The minimum absolute atomic E-state index is 0.0616. The van der Waals surface area contributed by atoms with E-state index in [1.54, 1.807) is 11.1 Å². The zero-order valence-electron chi connectivity index (χ0n) is 19.0. The fourth-order valence-electron chi connectivity index (χ4n) is 5.52. The van der Waals surface area contributed by atoms with Crippen LogP contribution in [0, 0.1) is 0 Å². The molecule has 2 aliphatic heterocycles. The van der Waals surface area contributed by atoms with Gasteiger partial charge in [-0.15, -0.1) is 0 Å². The standard InChI is InChI=1S/C28H28N4O2/c33-26-18-32(13-11-25(26)31-12-10-20-8-4-5-9-21(20)17-31)28(34)24-15-22(19-6-2-1-3-7-19)14-23-16-29-30-27(23)24/h1-9,14-16,25-26,33H,10-13,17-18H2,(H,29,30)/t25-,26-/m0/s1. The van der Waals surface area contributed by atoms with Crippen molar-refractivity contribution < 1.29 is 9.90 Å². The first-order chi connectivity index (χ1) is 16.7. The predicted molar refractivity (Wildman–Crippen MR) is 132 cm³/mol. The Bertz CT molecular complexity index is 1330. The number of piperidine rings is 1. The topological polar surface area (TPSA) is 72.5 Å². The number of likely N-dealkylation sites (tertiary alicyclic amines) is 1. The summed E-state index contributed by atoms with van der Waals surface area (Å²) in [7, 11) is 0. The van der Waals surface area contributed by atoms with Gasteiger partial charge in [0.2, 0.25) is 0 Å². The number of hydrogen-bond donors (Lipinski definition) is 2. The van der Waals surface area contributed by atoms with Gasteiger partial charge in [0.1, 0.15) is 0 Å². The van der Waals surface area contributed by atoms with Crippen LogP contribution >= 0.6 is 0 Å². The molecular formula is C28H28N4O2. The highest BCUT2D eigenvalue weighted by Gasteiger charge is 2.35. The molecule has 1 aromatic heterocycles. The number of H-pyrrole nitrogens is 1. The quantitative estimate of drug-likeness (QED) is 0.495. The van der Waals surface area contributed by atoms with Crippen LogP contribution < -0.4 is 0 Å².